The highest BCUT2D eigenvalue weighted by Gasteiger charge is 2.26. The van der Waals surface area contributed by atoms with E-state index in [1.165, 1.54) is 0 Å². The maximum absolute atomic E-state index is 13.1. The summed E-state index contributed by atoms with van der Waals surface area (Å²) in [5.74, 6) is -0.610. The van der Waals surface area contributed by atoms with Crippen LogP contribution in [0.25, 0.3) is 0 Å². The molecule has 3 aromatic carbocycles. The molecule has 5 heteroatoms. The lowest BCUT2D eigenvalue weighted by atomic mass is 10.1. The minimum atomic E-state index is -0.481. The molecule has 1 saturated heterocycles. The van der Waals surface area contributed by atoms with Crippen molar-refractivity contribution in [3.8, 4) is 0 Å². The van der Waals surface area contributed by atoms with Crippen LogP contribution in [0.1, 0.15) is 26.3 Å². The van der Waals surface area contributed by atoms with Gasteiger partial charge in [-0.15, -0.1) is 0 Å². The van der Waals surface area contributed by atoms with Crippen molar-refractivity contribution in [3.63, 3.8) is 0 Å². The first-order valence-electron chi connectivity index (χ1n) is 10.1. The Hall–Kier alpha value is -3.60. The number of benzene rings is 3. The normalized spacial score (nSPS) is 13.7. The Morgan fingerprint density at radius 2 is 1.27 bits per heavy atom. The van der Waals surface area contributed by atoms with E-state index in [0.29, 0.717) is 24.2 Å². The van der Waals surface area contributed by atoms with Gasteiger partial charge in [-0.2, -0.15) is 0 Å². The predicted molar refractivity (Wildman–Crippen MR) is 117 cm³/mol. The number of hydrogen-bond donors (Lipinski definition) is 0. The fourth-order valence-corrected chi connectivity index (χ4v) is 3.63. The number of anilines is 1. The third-order valence-electron chi connectivity index (χ3n) is 5.28. The first-order valence-corrected chi connectivity index (χ1v) is 10.1. The lowest BCUT2D eigenvalue weighted by molar-refractivity contribution is 0.0466. The Morgan fingerprint density at radius 3 is 1.93 bits per heavy atom. The SMILES string of the molecule is O=C(OCc1ccccc1)c1ccccc1C(=O)N1CCN(c2ccccc2)CC1. The van der Waals surface area contributed by atoms with E-state index in [4.69, 9.17) is 4.74 Å². The Morgan fingerprint density at radius 1 is 0.700 bits per heavy atom. The predicted octanol–water partition coefficient (Wildman–Crippen LogP) is 4.01. The summed E-state index contributed by atoms with van der Waals surface area (Å²) in [6.07, 6.45) is 0. The van der Waals surface area contributed by atoms with Gasteiger partial charge in [-0.25, -0.2) is 4.79 Å². The Bertz CT molecular complexity index is 997. The molecule has 4 rings (SSSR count). The summed E-state index contributed by atoms with van der Waals surface area (Å²) in [7, 11) is 0. The van der Waals surface area contributed by atoms with Gasteiger partial charge >= 0.3 is 5.97 Å². The number of ether oxygens (including phenoxy) is 1. The van der Waals surface area contributed by atoms with E-state index in [9.17, 15) is 9.59 Å². The molecular formula is C25H24N2O3. The minimum Gasteiger partial charge on any atom is -0.457 e. The number of amides is 1. The van der Waals surface area contributed by atoms with Crippen molar-refractivity contribution < 1.29 is 14.3 Å². The molecular weight excluding hydrogens is 376 g/mol. The smallest absolute Gasteiger partial charge is 0.339 e. The molecule has 0 aromatic heterocycles. The van der Waals surface area contributed by atoms with Gasteiger partial charge in [0.25, 0.3) is 5.91 Å². The van der Waals surface area contributed by atoms with E-state index in [-0.39, 0.29) is 12.5 Å². The average molecular weight is 400 g/mol. The summed E-state index contributed by atoms with van der Waals surface area (Å²) in [6, 6.07) is 26.6. The molecule has 0 radical (unpaired) electrons. The van der Waals surface area contributed by atoms with E-state index in [1.54, 1.807) is 24.3 Å². The summed E-state index contributed by atoms with van der Waals surface area (Å²) in [4.78, 5) is 29.9. The third-order valence-corrected chi connectivity index (χ3v) is 5.28. The lowest BCUT2D eigenvalue weighted by Crippen LogP contribution is -2.49. The number of nitrogens with zero attached hydrogens (tertiary/aromatic N) is 2. The van der Waals surface area contributed by atoms with Crippen LogP contribution in [-0.2, 0) is 11.3 Å². The topological polar surface area (TPSA) is 49.9 Å². The Balaban J connectivity index is 1.42. The van der Waals surface area contributed by atoms with E-state index >= 15 is 0 Å². The molecule has 0 saturated carbocycles. The number of piperazine rings is 1. The molecule has 1 heterocycles. The van der Waals surface area contributed by atoms with Gasteiger partial charge < -0.3 is 14.5 Å². The molecule has 1 aliphatic heterocycles. The number of carbonyl (C=O) groups is 2. The molecule has 1 aliphatic rings. The molecule has 0 atom stereocenters. The zero-order valence-electron chi connectivity index (χ0n) is 16.7. The van der Waals surface area contributed by atoms with Crippen molar-refractivity contribution in [2.45, 2.75) is 6.61 Å². The zero-order valence-corrected chi connectivity index (χ0v) is 16.7. The van der Waals surface area contributed by atoms with Gasteiger partial charge in [-0.1, -0.05) is 60.7 Å². The number of rotatable bonds is 5. The van der Waals surface area contributed by atoms with Gasteiger partial charge in [0, 0.05) is 31.9 Å². The molecule has 5 nitrogen and oxygen atoms in total. The highest BCUT2D eigenvalue weighted by atomic mass is 16.5. The molecule has 0 spiro atoms. The molecule has 1 fully saturated rings. The largest absolute Gasteiger partial charge is 0.457 e. The number of para-hydroxylation sites is 1. The quantitative estimate of drug-likeness (QED) is 0.608. The van der Waals surface area contributed by atoms with Crippen LogP contribution in [0.2, 0.25) is 0 Å². The number of hydrogen-bond acceptors (Lipinski definition) is 4. The van der Waals surface area contributed by atoms with Crippen molar-refractivity contribution in [1.29, 1.82) is 0 Å². The second-order valence-corrected chi connectivity index (χ2v) is 7.22. The molecule has 0 unspecified atom stereocenters. The Kier molecular flexibility index (Phi) is 6.09. The highest BCUT2D eigenvalue weighted by molar-refractivity contribution is 6.05. The van der Waals surface area contributed by atoms with Crippen LogP contribution in [-0.4, -0.2) is 43.0 Å². The second-order valence-electron chi connectivity index (χ2n) is 7.22. The summed E-state index contributed by atoms with van der Waals surface area (Å²) in [5, 5.41) is 0. The first kappa shape index (κ1) is 19.7. The maximum atomic E-state index is 13.1. The fraction of sp³-hybridized carbons (Fsp3) is 0.200. The van der Waals surface area contributed by atoms with Gasteiger partial charge in [-0.05, 0) is 29.8 Å². The molecule has 1 amide bonds. The fourth-order valence-electron chi connectivity index (χ4n) is 3.63. The maximum Gasteiger partial charge on any atom is 0.339 e. The molecule has 0 bridgehead atoms. The van der Waals surface area contributed by atoms with E-state index in [1.807, 2.05) is 53.4 Å². The first-order chi connectivity index (χ1) is 14.7. The lowest BCUT2D eigenvalue weighted by Gasteiger charge is -2.36. The van der Waals surface area contributed by atoms with Crippen LogP contribution in [0.4, 0.5) is 5.69 Å². The van der Waals surface area contributed by atoms with Crippen molar-refractivity contribution in [2.75, 3.05) is 31.1 Å². The van der Waals surface area contributed by atoms with Gasteiger partial charge in [0.1, 0.15) is 6.61 Å². The molecule has 0 aliphatic carbocycles. The van der Waals surface area contributed by atoms with E-state index < -0.39 is 5.97 Å². The Labute approximate surface area is 176 Å². The summed E-state index contributed by atoms with van der Waals surface area (Å²) in [6.45, 7) is 2.92. The second kappa shape index (κ2) is 9.27. The van der Waals surface area contributed by atoms with Crippen LogP contribution in [0, 0.1) is 0 Å². The van der Waals surface area contributed by atoms with Crippen LogP contribution in [0.15, 0.2) is 84.9 Å². The van der Waals surface area contributed by atoms with Crippen LogP contribution >= 0.6 is 0 Å². The number of esters is 1. The number of carbonyl (C=O) groups excluding carboxylic acids is 2. The van der Waals surface area contributed by atoms with Gasteiger partial charge in [0.2, 0.25) is 0 Å². The average Bonchev–Trinajstić information content (AvgIpc) is 2.83. The molecule has 152 valence electrons. The standard InChI is InChI=1S/C25H24N2O3/c28-24(27-17-15-26(16-18-27)21-11-5-2-6-12-21)22-13-7-8-14-23(22)25(29)30-19-20-9-3-1-4-10-20/h1-14H,15-19H2. The molecule has 0 N–H and O–H groups in total. The van der Waals surface area contributed by atoms with Crippen molar-refractivity contribution in [1.82, 2.24) is 4.90 Å². The summed E-state index contributed by atoms with van der Waals surface area (Å²) in [5.41, 5.74) is 2.77. The minimum absolute atomic E-state index is 0.130. The van der Waals surface area contributed by atoms with Crippen molar-refractivity contribution >= 4 is 17.6 Å². The van der Waals surface area contributed by atoms with E-state index in [2.05, 4.69) is 17.0 Å². The van der Waals surface area contributed by atoms with Crippen LogP contribution in [0.3, 0.4) is 0 Å². The summed E-state index contributed by atoms with van der Waals surface area (Å²) < 4.78 is 5.45. The monoisotopic (exact) mass is 400 g/mol. The van der Waals surface area contributed by atoms with Crippen molar-refractivity contribution in [2.24, 2.45) is 0 Å². The van der Waals surface area contributed by atoms with Gasteiger partial charge in [0.15, 0.2) is 0 Å². The summed E-state index contributed by atoms with van der Waals surface area (Å²) >= 11 is 0. The molecule has 30 heavy (non-hydrogen) atoms. The molecule has 3 aromatic rings. The van der Waals surface area contributed by atoms with Crippen molar-refractivity contribution in [3.05, 3.63) is 102 Å². The van der Waals surface area contributed by atoms with Crippen LogP contribution < -0.4 is 4.90 Å². The van der Waals surface area contributed by atoms with Crippen LogP contribution in [0.5, 0.6) is 0 Å². The van der Waals surface area contributed by atoms with Gasteiger partial charge in [0.05, 0.1) is 11.1 Å². The van der Waals surface area contributed by atoms with Gasteiger partial charge in [-0.3, -0.25) is 4.79 Å². The zero-order chi connectivity index (χ0) is 20.8. The van der Waals surface area contributed by atoms with E-state index in [0.717, 1.165) is 24.3 Å². The third kappa shape index (κ3) is 4.51. The highest BCUT2D eigenvalue weighted by Crippen LogP contribution is 2.19.